The van der Waals surface area contributed by atoms with Crippen molar-refractivity contribution in [3.05, 3.63) is 89.0 Å². The van der Waals surface area contributed by atoms with Crippen molar-refractivity contribution in [2.45, 2.75) is 83.3 Å². The molecule has 224 valence electrons. The summed E-state index contributed by atoms with van der Waals surface area (Å²) in [5.41, 5.74) is 1.46. The molecule has 3 aromatic carbocycles. The first-order chi connectivity index (χ1) is 20.5. The number of halogens is 4. The zero-order valence-corrected chi connectivity index (χ0v) is 24.3. The molecule has 3 atom stereocenters. The molecule has 0 radical (unpaired) electrons. The van der Waals surface area contributed by atoms with Gasteiger partial charge in [0.25, 0.3) is 0 Å². The SMILES string of the molecule is CCCCCCCCCC1CCC(/C=C/c2ccc(-c3ccc(-c4ccc(C5CO5)c(F)c4F)cc3)c(F)c2F)OC1. The minimum Gasteiger partial charge on any atom is -0.374 e. The van der Waals surface area contributed by atoms with Crippen LogP contribution < -0.4 is 0 Å². The Kier molecular flexibility index (Phi) is 10.5. The molecule has 0 spiro atoms. The molecule has 2 aliphatic heterocycles. The molecule has 0 aromatic heterocycles. The number of hydrogen-bond donors (Lipinski definition) is 0. The zero-order valence-electron chi connectivity index (χ0n) is 24.3. The molecule has 3 aromatic rings. The van der Waals surface area contributed by atoms with Gasteiger partial charge in [0.1, 0.15) is 6.10 Å². The molecule has 3 unspecified atom stereocenters. The Morgan fingerprint density at radius 3 is 1.90 bits per heavy atom. The van der Waals surface area contributed by atoms with Crippen molar-refractivity contribution in [3.63, 3.8) is 0 Å². The fourth-order valence-corrected chi connectivity index (χ4v) is 5.82. The van der Waals surface area contributed by atoms with Gasteiger partial charge in [-0.15, -0.1) is 0 Å². The van der Waals surface area contributed by atoms with Gasteiger partial charge < -0.3 is 9.47 Å². The van der Waals surface area contributed by atoms with E-state index in [2.05, 4.69) is 6.92 Å². The number of benzene rings is 3. The van der Waals surface area contributed by atoms with Crippen LogP contribution >= 0.6 is 0 Å². The van der Waals surface area contributed by atoms with E-state index in [1.54, 1.807) is 36.4 Å². The van der Waals surface area contributed by atoms with E-state index >= 15 is 8.78 Å². The van der Waals surface area contributed by atoms with Crippen molar-refractivity contribution in [1.29, 1.82) is 0 Å². The molecule has 2 aliphatic rings. The summed E-state index contributed by atoms with van der Waals surface area (Å²) < 4.78 is 70.3. The molecule has 0 aliphatic carbocycles. The lowest BCUT2D eigenvalue weighted by molar-refractivity contribution is 0.00824. The van der Waals surface area contributed by atoms with Crippen LogP contribution in [-0.2, 0) is 9.47 Å². The van der Waals surface area contributed by atoms with Crippen molar-refractivity contribution in [3.8, 4) is 22.3 Å². The predicted molar refractivity (Wildman–Crippen MR) is 160 cm³/mol. The lowest BCUT2D eigenvalue weighted by atomic mass is 9.92. The quantitative estimate of drug-likeness (QED) is 0.114. The summed E-state index contributed by atoms with van der Waals surface area (Å²) in [5, 5.41) is 0. The molecular formula is C36H40F4O2. The summed E-state index contributed by atoms with van der Waals surface area (Å²) in [6, 6.07) is 12.4. The van der Waals surface area contributed by atoms with Gasteiger partial charge in [-0.05, 0) is 36.3 Å². The molecule has 0 N–H and O–H groups in total. The molecule has 0 saturated carbocycles. The van der Waals surface area contributed by atoms with Gasteiger partial charge >= 0.3 is 0 Å². The highest BCUT2D eigenvalue weighted by Crippen LogP contribution is 2.36. The van der Waals surface area contributed by atoms with Gasteiger partial charge in [0.2, 0.25) is 0 Å². The van der Waals surface area contributed by atoms with Gasteiger partial charge in [-0.1, -0.05) is 113 Å². The topological polar surface area (TPSA) is 21.8 Å². The zero-order chi connectivity index (χ0) is 29.5. The van der Waals surface area contributed by atoms with Crippen molar-refractivity contribution >= 4 is 6.08 Å². The molecule has 5 rings (SSSR count). The van der Waals surface area contributed by atoms with Crippen molar-refractivity contribution < 1.29 is 27.0 Å². The van der Waals surface area contributed by atoms with Gasteiger partial charge in [-0.3, -0.25) is 0 Å². The minimum atomic E-state index is -0.949. The highest BCUT2D eigenvalue weighted by molar-refractivity contribution is 5.72. The van der Waals surface area contributed by atoms with E-state index in [9.17, 15) is 8.78 Å². The van der Waals surface area contributed by atoms with E-state index in [0.717, 1.165) is 12.8 Å². The summed E-state index contributed by atoms with van der Waals surface area (Å²) in [7, 11) is 0. The van der Waals surface area contributed by atoms with Crippen LogP contribution in [0.5, 0.6) is 0 Å². The van der Waals surface area contributed by atoms with E-state index in [1.807, 2.05) is 6.08 Å². The molecular weight excluding hydrogens is 540 g/mol. The van der Waals surface area contributed by atoms with Gasteiger partial charge in [0, 0.05) is 22.3 Å². The Morgan fingerprint density at radius 2 is 1.29 bits per heavy atom. The van der Waals surface area contributed by atoms with Gasteiger partial charge in [0.05, 0.1) is 19.3 Å². The molecule has 0 amide bonds. The smallest absolute Gasteiger partial charge is 0.167 e. The first-order valence-electron chi connectivity index (χ1n) is 15.4. The minimum absolute atomic E-state index is 0.0962. The van der Waals surface area contributed by atoms with E-state index in [4.69, 9.17) is 9.47 Å². The summed E-state index contributed by atoms with van der Waals surface area (Å²) in [4.78, 5) is 0. The molecule has 6 heteroatoms. The van der Waals surface area contributed by atoms with Gasteiger partial charge in [-0.2, -0.15) is 0 Å². The Labute approximate surface area is 246 Å². The van der Waals surface area contributed by atoms with Crippen LogP contribution in [0, 0.1) is 29.2 Å². The highest BCUT2D eigenvalue weighted by atomic mass is 19.2. The second kappa shape index (κ2) is 14.5. The van der Waals surface area contributed by atoms with Crippen LogP contribution in [0.2, 0.25) is 0 Å². The predicted octanol–water partition coefficient (Wildman–Crippen LogP) is 10.6. The third-order valence-corrected chi connectivity index (χ3v) is 8.52. The second-order valence-corrected chi connectivity index (χ2v) is 11.6. The van der Waals surface area contributed by atoms with Crippen LogP contribution in [-0.4, -0.2) is 19.3 Å². The Balaban J connectivity index is 1.15. The second-order valence-electron chi connectivity index (χ2n) is 11.6. The molecule has 2 saturated heterocycles. The summed E-state index contributed by atoms with van der Waals surface area (Å²) in [6.45, 7) is 3.34. The Morgan fingerprint density at radius 1 is 0.667 bits per heavy atom. The van der Waals surface area contributed by atoms with Crippen LogP contribution in [0.15, 0.2) is 54.6 Å². The largest absolute Gasteiger partial charge is 0.374 e. The number of rotatable bonds is 13. The standard InChI is InChI=1S/C36H40F4O2/c1-2-3-4-5-6-7-8-9-24-10-17-28(41-22-24)18-15-27-16-19-29(34(38)33(27)37)25-11-13-26(14-12-25)30-20-21-31(32-23-42-32)36(40)35(30)39/h11-16,18-21,24,28,32H,2-10,17,22-23H2,1H3/b18-15+. The number of unbranched alkanes of at least 4 members (excludes halogenated alkanes) is 6. The summed E-state index contributed by atoms with van der Waals surface area (Å²) in [6.07, 6.45) is 15.2. The number of ether oxygens (including phenoxy) is 2. The number of epoxide rings is 1. The molecule has 2 fully saturated rings. The lowest BCUT2D eigenvalue weighted by Gasteiger charge is -2.27. The van der Waals surface area contributed by atoms with E-state index in [0.29, 0.717) is 30.3 Å². The average molecular weight is 581 g/mol. The highest BCUT2D eigenvalue weighted by Gasteiger charge is 2.30. The molecule has 2 nitrogen and oxygen atoms in total. The molecule has 2 heterocycles. The van der Waals surface area contributed by atoms with Crippen molar-refractivity contribution in [1.82, 2.24) is 0 Å². The van der Waals surface area contributed by atoms with E-state index < -0.39 is 29.4 Å². The summed E-state index contributed by atoms with van der Waals surface area (Å²) in [5.74, 6) is -3.16. The fourth-order valence-electron chi connectivity index (χ4n) is 5.82. The van der Waals surface area contributed by atoms with Crippen molar-refractivity contribution in [2.75, 3.05) is 13.2 Å². The van der Waals surface area contributed by atoms with Crippen molar-refractivity contribution in [2.24, 2.45) is 5.92 Å². The van der Waals surface area contributed by atoms with Crippen LogP contribution in [0.25, 0.3) is 28.3 Å². The maximum Gasteiger partial charge on any atom is 0.167 e. The maximum absolute atomic E-state index is 15.1. The average Bonchev–Trinajstić information content (AvgIpc) is 3.85. The first-order valence-corrected chi connectivity index (χ1v) is 15.4. The fraction of sp³-hybridized carbons (Fsp3) is 0.444. The Hall–Kier alpha value is -2.96. The van der Waals surface area contributed by atoms with Gasteiger partial charge in [-0.25, -0.2) is 17.6 Å². The maximum atomic E-state index is 15.1. The number of hydrogen-bond acceptors (Lipinski definition) is 2. The van der Waals surface area contributed by atoms with E-state index in [-0.39, 0.29) is 28.4 Å². The Bertz CT molecular complexity index is 1360. The van der Waals surface area contributed by atoms with Crippen LogP contribution in [0.1, 0.15) is 88.4 Å². The lowest BCUT2D eigenvalue weighted by Crippen LogP contribution is -2.24. The molecule has 0 bridgehead atoms. The third-order valence-electron chi connectivity index (χ3n) is 8.52. The van der Waals surface area contributed by atoms with E-state index in [1.165, 1.54) is 69.6 Å². The third kappa shape index (κ3) is 7.51. The first kappa shape index (κ1) is 30.5. The van der Waals surface area contributed by atoms with Gasteiger partial charge in [0.15, 0.2) is 23.3 Å². The van der Waals surface area contributed by atoms with Crippen LogP contribution in [0.3, 0.4) is 0 Å². The summed E-state index contributed by atoms with van der Waals surface area (Å²) >= 11 is 0. The monoisotopic (exact) mass is 580 g/mol. The van der Waals surface area contributed by atoms with Crippen LogP contribution in [0.4, 0.5) is 17.6 Å². The normalized spacial score (nSPS) is 20.4. The molecule has 42 heavy (non-hydrogen) atoms.